The third-order valence-corrected chi connectivity index (χ3v) is 5.43. The summed E-state index contributed by atoms with van der Waals surface area (Å²) in [5.41, 5.74) is 1.02. The second kappa shape index (κ2) is 11.7. The van der Waals surface area contributed by atoms with Crippen LogP contribution in [0.4, 0.5) is 0 Å². The number of guanidine groups is 1. The zero-order valence-electron chi connectivity index (χ0n) is 18.3. The van der Waals surface area contributed by atoms with Crippen LogP contribution in [-0.4, -0.2) is 44.2 Å². The lowest BCUT2D eigenvalue weighted by atomic mass is 10.1. The minimum absolute atomic E-state index is 0.145. The number of ether oxygens (including phenoxy) is 2. The Labute approximate surface area is 180 Å². The van der Waals surface area contributed by atoms with E-state index in [1.54, 1.807) is 7.11 Å². The second-order valence-electron chi connectivity index (χ2n) is 8.04. The van der Waals surface area contributed by atoms with E-state index in [1.807, 2.05) is 25.1 Å². The van der Waals surface area contributed by atoms with Crippen molar-refractivity contribution in [2.45, 2.75) is 77.0 Å². The molecule has 3 N–H and O–H groups in total. The summed E-state index contributed by atoms with van der Waals surface area (Å²) in [6.45, 7) is 4.02. The van der Waals surface area contributed by atoms with Crippen LogP contribution in [0.1, 0.15) is 63.9 Å². The van der Waals surface area contributed by atoms with E-state index in [9.17, 15) is 4.79 Å². The van der Waals surface area contributed by atoms with E-state index < -0.39 is 0 Å². The maximum absolute atomic E-state index is 11.8. The fourth-order valence-corrected chi connectivity index (χ4v) is 3.64. The molecule has 30 heavy (non-hydrogen) atoms. The number of nitrogens with zero attached hydrogens (tertiary/aromatic N) is 1. The SMILES string of the molecule is CCNC(=NCc1cccc(OC)c1OC1CCCC1)NCCCC(=O)NC1CC1. The van der Waals surface area contributed by atoms with Crippen LogP contribution in [0, 0.1) is 0 Å². The molecular formula is C23H36N4O3. The van der Waals surface area contributed by atoms with Crippen molar-refractivity contribution in [3.05, 3.63) is 23.8 Å². The van der Waals surface area contributed by atoms with Gasteiger partial charge in [-0.2, -0.15) is 0 Å². The molecule has 2 aliphatic rings. The van der Waals surface area contributed by atoms with Gasteiger partial charge >= 0.3 is 0 Å². The van der Waals surface area contributed by atoms with Gasteiger partial charge in [-0.15, -0.1) is 0 Å². The summed E-state index contributed by atoms with van der Waals surface area (Å²) < 4.78 is 11.8. The van der Waals surface area contributed by atoms with Gasteiger partial charge in [0.2, 0.25) is 5.91 Å². The molecule has 0 aromatic heterocycles. The Morgan fingerprint density at radius 3 is 2.67 bits per heavy atom. The first-order valence-corrected chi connectivity index (χ1v) is 11.3. The molecule has 1 aromatic carbocycles. The van der Waals surface area contributed by atoms with E-state index in [1.165, 1.54) is 12.8 Å². The Morgan fingerprint density at radius 2 is 1.97 bits per heavy atom. The van der Waals surface area contributed by atoms with Gasteiger partial charge in [-0.3, -0.25) is 4.79 Å². The number of carbonyl (C=O) groups excluding carboxylic acids is 1. The van der Waals surface area contributed by atoms with E-state index in [2.05, 4.69) is 16.0 Å². The number of amides is 1. The Balaban J connectivity index is 1.55. The number of carbonyl (C=O) groups is 1. The van der Waals surface area contributed by atoms with Crippen molar-refractivity contribution in [2.75, 3.05) is 20.2 Å². The molecule has 166 valence electrons. The average Bonchev–Trinajstić information content (AvgIpc) is 3.41. The van der Waals surface area contributed by atoms with Gasteiger partial charge in [0, 0.05) is 31.1 Å². The first-order chi connectivity index (χ1) is 14.7. The first-order valence-electron chi connectivity index (χ1n) is 11.3. The Morgan fingerprint density at radius 1 is 1.17 bits per heavy atom. The highest BCUT2D eigenvalue weighted by Crippen LogP contribution is 2.35. The molecule has 0 heterocycles. The Kier molecular flexibility index (Phi) is 8.66. The van der Waals surface area contributed by atoms with Crippen LogP contribution in [0.5, 0.6) is 11.5 Å². The van der Waals surface area contributed by atoms with Crippen LogP contribution in [0.25, 0.3) is 0 Å². The van der Waals surface area contributed by atoms with Gasteiger partial charge in [-0.05, 0) is 57.9 Å². The van der Waals surface area contributed by atoms with Crippen molar-refractivity contribution >= 4 is 11.9 Å². The first kappa shape index (κ1) is 22.2. The summed E-state index contributed by atoms with van der Waals surface area (Å²) >= 11 is 0. The zero-order chi connectivity index (χ0) is 21.2. The van der Waals surface area contributed by atoms with E-state index in [4.69, 9.17) is 14.5 Å². The van der Waals surface area contributed by atoms with Crippen LogP contribution in [0.3, 0.4) is 0 Å². The lowest BCUT2D eigenvalue weighted by Crippen LogP contribution is -2.38. The van der Waals surface area contributed by atoms with Crippen molar-refractivity contribution < 1.29 is 14.3 Å². The molecule has 2 aliphatic carbocycles. The van der Waals surface area contributed by atoms with Gasteiger partial charge in [0.15, 0.2) is 17.5 Å². The minimum Gasteiger partial charge on any atom is -0.493 e. The fraction of sp³-hybridized carbons (Fsp3) is 0.652. The molecule has 0 unspecified atom stereocenters. The second-order valence-corrected chi connectivity index (χ2v) is 8.04. The normalized spacial score (nSPS) is 16.9. The highest BCUT2D eigenvalue weighted by atomic mass is 16.5. The molecule has 1 aromatic rings. The highest BCUT2D eigenvalue weighted by molar-refractivity contribution is 5.80. The molecule has 7 heteroatoms. The molecule has 1 amide bonds. The number of methoxy groups -OCH3 is 1. The van der Waals surface area contributed by atoms with Gasteiger partial charge < -0.3 is 25.4 Å². The minimum atomic E-state index is 0.145. The van der Waals surface area contributed by atoms with Gasteiger partial charge in [0.1, 0.15) is 0 Å². The quantitative estimate of drug-likeness (QED) is 0.293. The average molecular weight is 417 g/mol. The molecule has 0 aliphatic heterocycles. The third kappa shape index (κ3) is 7.11. The smallest absolute Gasteiger partial charge is 0.220 e. The summed E-state index contributed by atoms with van der Waals surface area (Å²) in [5, 5.41) is 9.62. The van der Waals surface area contributed by atoms with Crippen LogP contribution in [-0.2, 0) is 11.3 Å². The molecule has 0 atom stereocenters. The lowest BCUT2D eigenvalue weighted by molar-refractivity contribution is -0.121. The van der Waals surface area contributed by atoms with Crippen LogP contribution in [0.15, 0.2) is 23.2 Å². The van der Waals surface area contributed by atoms with Crippen molar-refractivity contribution in [1.82, 2.24) is 16.0 Å². The summed E-state index contributed by atoms with van der Waals surface area (Å²) in [5.74, 6) is 2.46. The molecule has 0 spiro atoms. The molecule has 0 saturated heterocycles. The van der Waals surface area contributed by atoms with E-state index in [0.29, 0.717) is 25.6 Å². The van der Waals surface area contributed by atoms with Crippen molar-refractivity contribution in [3.8, 4) is 11.5 Å². The van der Waals surface area contributed by atoms with Crippen LogP contribution < -0.4 is 25.4 Å². The molecule has 2 fully saturated rings. The van der Waals surface area contributed by atoms with Crippen LogP contribution >= 0.6 is 0 Å². The number of hydrogen-bond donors (Lipinski definition) is 3. The molecular weight excluding hydrogens is 380 g/mol. The molecule has 0 bridgehead atoms. The van der Waals surface area contributed by atoms with Gasteiger partial charge in [0.05, 0.1) is 19.8 Å². The summed E-state index contributed by atoms with van der Waals surface area (Å²) in [7, 11) is 1.68. The van der Waals surface area contributed by atoms with E-state index in [-0.39, 0.29) is 12.0 Å². The monoisotopic (exact) mass is 416 g/mol. The number of rotatable bonds is 11. The number of aliphatic imine (C=N–C) groups is 1. The number of nitrogens with one attached hydrogen (secondary N) is 3. The molecule has 3 rings (SSSR count). The third-order valence-electron chi connectivity index (χ3n) is 5.43. The predicted octanol–water partition coefficient (Wildman–Crippen LogP) is 3.13. The maximum Gasteiger partial charge on any atom is 0.220 e. The van der Waals surface area contributed by atoms with E-state index >= 15 is 0 Å². The zero-order valence-corrected chi connectivity index (χ0v) is 18.3. The van der Waals surface area contributed by atoms with E-state index in [0.717, 1.165) is 61.7 Å². The summed E-state index contributed by atoms with van der Waals surface area (Å²) in [6, 6.07) is 6.38. The summed E-state index contributed by atoms with van der Waals surface area (Å²) in [6.07, 6.45) is 8.46. The molecule has 2 saturated carbocycles. The largest absolute Gasteiger partial charge is 0.493 e. The maximum atomic E-state index is 11.8. The highest BCUT2D eigenvalue weighted by Gasteiger charge is 2.23. The fourth-order valence-electron chi connectivity index (χ4n) is 3.64. The standard InChI is InChI=1S/C23H36N4O3/c1-3-24-23(25-15-7-12-21(28)27-18-13-14-18)26-16-17-8-6-11-20(29-2)22(17)30-19-9-4-5-10-19/h6,8,11,18-19H,3-5,7,9-10,12-16H2,1-2H3,(H,27,28)(H2,24,25,26). The Bertz CT molecular complexity index is 712. The van der Waals surface area contributed by atoms with Gasteiger partial charge in [-0.25, -0.2) is 4.99 Å². The predicted molar refractivity (Wildman–Crippen MR) is 119 cm³/mol. The topological polar surface area (TPSA) is 84.0 Å². The van der Waals surface area contributed by atoms with Crippen molar-refractivity contribution in [1.29, 1.82) is 0 Å². The van der Waals surface area contributed by atoms with Crippen molar-refractivity contribution in [2.24, 2.45) is 4.99 Å². The van der Waals surface area contributed by atoms with Crippen molar-refractivity contribution in [3.63, 3.8) is 0 Å². The lowest BCUT2D eigenvalue weighted by Gasteiger charge is -2.19. The Hall–Kier alpha value is -2.44. The molecule has 7 nitrogen and oxygen atoms in total. The number of hydrogen-bond acceptors (Lipinski definition) is 4. The van der Waals surface area contributed by atoms with Gasteiger partial charge in [0.25, 0.3) is 0 Å². The number of benzene rings is 1. The van der Waals surface area contributed by atoms with Gasteiger partial charge in [-0.1, -0.05) is 12.1 Å². The van der Waals surface area contributed by atoms with Crippen LogP contribution in [0.2, 0.25) is 0 Å². The molecule has 0 radical (unpaired) electrons. The summed E-state index contributed by atoms with van der Waals surface area (Å²) in [4.78, 5) is 16.5. The number of para-hydroxylation sites is 1.